The first-order valence-corrected chi connectivity index (χ1v) is 11.6. The molecule has 0 aromatic heterocycles. The van der Waals surface area contributed by atoms with Crippen LogP contribution in [0.4, 0.5) is 0 Å². The van der Waals surface area contributed by atoms with E-state index in [1.165, 1.54) is 12.7 Å². The lowest BCUT2D eigenvalue weighted by molar-refractivity contribution is 0.0604. The van der Waals surface area contributed by atoms with Gasteiger partial charge in [0.25, 0.3) is 0 Å². The molecular formula is C32H26O2. The second-order valence-electron chi connectivity index (χ2n) is 8.27. The Kier molecular flexibility index (Phi) is 5.97. The molecule has 0 fully saturated rings. The van der Waals surface area contributed by atoms with Crippen LogP contribution < -0.4 is 0 Å². The van der Waals surface area contributed by atoms with Crippen molar-refractivity contribution in [2.75, 3.05) is 7.11 Å². The fourth-order valence-corrected chi connectivity index (χ4v) is 4.96. The number of carbonyl (C=O) groups excluding carboxylic acids is 1. The van der Waals surface area contributed by atoms with Crippen molar-refractivity contribution >= 4 is 16.7 Å². The molecule has 5 aromatic rings. The van der Waals surface area contributed by atoms with Gasteiger partial charge in [-0.3, -0.25) is 0 Å². The minimum Gasteiger partial charge on any atom is -0.465 e. The van der Waals surface area contributed by atoms with E-state index < -0.39 is 0 Å². The summed E-state index contributed by atoms with van der Waals surface area (Å²) in [6, 6.07) is 37.3. The minimum absolute atomic E-state index is 0.316. The Bertz CT molecular complexity index is 1450. The maximum absolute atomic E-state index is 13.4. The minimum atomic E-state index is -0.316. The number of carbonyl (C=O) groups is 1. The van der Waals surface area contributed by atoms with E-state index in [9.17, 15) is 4.79 Å². The van der Waals surface area contributed by atoms with E-state index in [0.29, 0.717) is 5.56 Å². The molecule has 0 amide bonds. The Morgan fingerprint density at radius 3 is 1.71 bits per heavy atom. The maximum atomic E-state index is 13.4. The topological polar surface area (TPSA) is 26.3 Å². The van der Waals surface area contributed by atoms with Crippen molar-refractivity contribution < 1.29 is 9.53 Å². The van der Waals surface area contributed by atoms with Crippen LogP contribution >= 0.6 is 0 Å². The first-order valence-electron chi connectivity index (χ1n) is 11.6. The molecule has 166 valence electrons. The van der Waals surface area contributed by atoms with Gasteiger partial charge in [0.05, 0.1) is 12.7 Å². The number of fused-ring (bicyclic) bond motifs is 1. The maximum Gasteiger partial charge on any atom is 0.339 e. The van der Waals surface area contributed by atoms with Crippen LogP contribution in [-0.2, 0) is 11.2 Å². The second kappa shape index (κ2) is 9.36. The molecule has 0 unspecified atom stereocenters. The number of esters is 1. The van der Waals surface area contributed by atoms with Crippen molar-refractivity contribution in [3.63, 3.8) is 0 Å². The quantitative estimate of drug-likeness (QED) is 0.256. The molecule has 0 atom stereocenters. The Hall–Kier alpha value is -4.17. The summed E-state index contributed by atoms with van der Waals surface area (Å²) in [6.07, 6.45) is 0.775. The highest BCUT2D eigenvalue weighted by molar-refractivity contribution is 6.19. The van der Waals surface area contributed by atoms with Crippen molar-refractivity contribution in [3.8, 4) is 33.4 Å². The van der Waals surface area contributed by atoms with Gasteiger partial charge in [-0.25, -0.2) is 4.79 Å². The van der Waals surface area contributed by atoms with Gasteiger partial charge >= 0.3 is 5.97 Å². The van der Waals surface area contributed by atoms with Gasteiger partial charge < -0.3 is 4.74 Å². The molecule has 0 radical (unpaired) electrons. The number of methoxy groups -OCH3 is 1. The van der Waals surface area contributed by atoms with Gasteiger partial charge in [0.1, 0.15) is 0 Å². The predicted molar refractivity (Wildman–Crippen MR) is 141 cm³/mol. The summed E-state index contributed by atoms with van der Waals surface area (Å²) in [4.78, 5) is 13.4. The lowest BCUT2D eigenvalue weighted by atomic mass is 9.80. The molecule has 0 aliphatic rings. The van der Waals surface area contributed by atoms with Gasteiger partial charge in [0, 0.05) is 5.56 Å². The van der Waals surface area contributed by atoms with Crippen LogP contribution in [0.3, 0.4) is 0 Å². The average Bonchev–Trinajstić information content (AvgIpc) is 2.92. The second-order valence-corrected chi connectivity index (χ2v) is 8.27. The summed E-state index contributed by atoms with van der Waals surface area (Å²) in [5.74, 6) is -0.316. The summed E-state index contributed by atoms with van der Waals surface area (Å²) in [5, 5.41) is 1.99. The van der Waals surface area contributed by atoms with Crippen molar-refractivity contribution in [2.24, 2.45) is 0 Å². The zero-order valence-corrected chi connectivity index (χ0v) is 19.4. The summed E-state index contributed by atoms with van der Waals surface area (Å²) in [6.45, 7) is 2.16. The van der Waals surface area contributed by atoms with E-state index in [4.69, 9.17) is 4.74 Å². The summed E-state index contributed by atoms with van der Waals surface area (Å²) in [5.41, 5.74) is 8.28. The molecule has 0 saturated heterocycles. The van der Waals surface area contributed by atoms with Crippen LogP contribution in [-0.4, -0.2) is 13.1 Å². The molecule has 5 rings (SSSR count). The van der Waals surface area contributed by atoms with Crippen LogP contribution in [0.2, 0.25) is 0 Å². The molecule has 0 bridgehead atoms. The third-order valence-electron chi connectivity index (χ3n) is 6.39. The number of benzene rings is 5. The first kappa shape index (κ1) is 21.7. The zero-order chi connectivity index (χ0) is 23.5. The fourth-order valence-electron chi connectivity index (χ4n) is 4.96. The van der Waals surface area contributed by atoms with E-state index in [0.717, 1.165) is 50.6 Å². The first-order chi connectivity index (χ1) is 16.7. The number of hydrogen-bond donors (Lipinski definition) is 0. The molecule has 0 N–H and O–H groups in total. The molecule has 2 nitrogen and oxygen atoms in total. The third-order valence-corrected chi connectivity index (χ3v) is 6.39. The Morgan fingerprint density at radius 1 is 0.647 bits per heavy atom. The third kappa shape index (κ3) is 3.68. The van der Waals surface area contributed by atoms with E-state index in [1.54, 1.807) is 0 Å². The molecule has 0 heterocycles. The average molecular weight is 443 g/mol. The molecule has 34 heavy (non-hydrogen) atoms. The highest BCUT2D eigenvalue weighted by Crippen LogP contribution is 2.46. The standard InChI is InChI=1S/C32H26O2/c1-3-25-28(23-16-9-5-10-17-23)30-26(22-14-7-4-8-15-22)20-13-21-27(30)31(32(33)34-2)29(25)24-18-11-6-12-19-24/h4-21H,3H2,1-2H3. The van der Waals surface area contributed by atoms with Crippen LogP contribution in [0.25, 0.3) is 44.2 Å². The SMILES string of the molecule is CCc1c(-c2ccccc2)c(C(=O)OC)c2cccc(-c3ccccc3)c2c1-c1ccccc1. The number of ether oxygens (including phenoxy) is 1. The van der Waals surface area contributed by atoms with Crippen molar-refractivity contribution in [1.82, 2.24) is 0 Å². The van der Waals surface area contributed by atoms with Crippen molar-refractivity contribution in [3.05, 3.63) is 120 Å². The van der Waals surface area contributed by atoms with Gasteiger partial charge in [-0.1, -0.05) is 116 Å². The van der Waals surface area contributed by atoms with Crippen molar-refractivity contribution in [2.45, 2.75) is 13.3 Å². The smallest absolute Gasteiger partial charge is 0.339 e. The summed E-state index contributed by atoms with van der Waals surface area (Å²) in [7, 11) is 1.46. The monoisotopic (exact) mass is 442 g/mol. The van der Waals surface area contributed by atoms with Crippen LogP contribution in [0, 0.1) is 0 Å². The van der Waals surface area contributed by atoms with Crippen LogP contribution in [0.15, 0.2) is 109 Å². The lowest BCUT2D eigenvalue weighted by Crippen LogP contribution is -2.09. The molecule has 0 aliphatic heterocycles. The molecule has 0 saturated carbocycles. The van der Waals surface area contributed by atoms with Gasteiger partial charge in [0.15, 0.2) is 0 Å². The van der Waals surface area contributed by atoms with Crippen LogP contribution in [0.1, 0.15) is 22.8 Å². The molecule has 0 aliphatic carbocycles. The highest BCUT2D eigenvalue weighted by Gasteiger charge is 2.26. The van der Waals surface area contributed by atoms with E-state index in [1.807, 2.05) is 42.5 Å². The van der Waals surface area contributed by atoms with E-state index in [-0.39, 0.29) is 5.97 Å². The summed E-state index contributed by atoms with van der Waals surface area (Å²) >= 11 is 0. The van der Waals surface area contributed by atoms with E-state index in [2.05, 4.69) is 73.7 Å². The number of hydrogen-bond acceptors (Lipinski definition) is 2. The lowest BCUT2D eigenvalue weighted by Gasteiger charge is -2.23. The van der Waals surface area contributed by atoms with Crippen molar-refractivity contribution in [1.29, 1.82) is 0 Å². The summed E-state index contributed by atoms with van der Waals surface area (Å²) < 4.78 is 5.36. The molecular weight excluding hydrogens is 416 g/mol. The molecule has 2 heteroatoms. The van der Waals surface area contributed by atoms with Crippen LogP contribution in [0.5, 0.6) is 0 Å². The number of rotatable bonds is 5. The Morgan fingerprint density at radius 2 is 1.18 bits per heavy atom. The zero-order valence-electron chi connectivity index (χ0n) is 19.4. The molecule has 0 spiro atoms. The van der Waals surface area contributed by atoms with E-state index >= 15 is 0 Å². The largest absolute Gasteiger partial charge is 0.465 e. The van der Waals surface area contributed by atoms with Gasteiger partial charge in [-0.2, -0.15) is 0 Å². The molecule has 5 aromatic carbocycles. The fraction of sp³-hybridized carbons (Fsp3) is 0.0938. The highest BCUT2D eigenvalue weighted by atomic mass is 16.5. The van der Waals surface area contributed by atoms with Gasteiger partial charge in [-0.05, 0) is 50.6 Å². The Labute approximate surface area is 200 Å². The Balaban J connectivity index is 2.05. The normalized spacial score (nSPS) is 10.9. The van der Waals surface area contributed by atoms with Gasteiger partial charge in [-0.15, -0.1) is 0 Å². The van der Waals surface area contributed by atoms with Gasteiger partial charge in [0.2, 0.25) is 0 Å². The predicted octanol–water partition coefficient (Wildman–Crippen LogP) is 8.19.